The third kappa shape index (κ3) is 7.03. The standard InChI is InChI=1S/C8H15NO2/c1-8(2,3)4-5-9-7(11)6-10/h6H,4-5H2,1-3H3,(H,9,11). The minimum absolute atomic E-state index is 0.205. The van der Waals surface area contributed by atoms with Crippen molar-refractivity contribution < 1.29 is 9.59 Å². The van der Waals surface area contributed by atoms with Crippen molar-refractivity contribution in [2.24, 2.45) is 5.41 Å². The van der Waals surface area contributed by atoms with Crippen LogP contribution in [0.1, 0.15) is 27.2 Å². The first-order valence-corrected chi connectivity index (χ1v) is 3.69. The van der Waals surface area contributed by atoms with Crippen molar-refractivity contribution in [2.45, 2.75) is 27.2 Å². The fourth-order valence-electron chi connectivity index (χ4n) is 0.602. The molecule has 0 unspecified atom stereocenters. The molecule has 3 heteroatoms. The van der Waals surface area contributed by atoms with E-state index in [4.69, 9.17) is 0 Å². The van der Waals surface area contributed by atoms with Crippen LogP contribution in [0, 0.1) is 5.41 Å². The summed E-state index contributed by atoms with van der Waals surface area (Å²) in [6.07, 6.45) is 1.18. The molecule has 11 heavy (non-hydrogen) atoms. The molecule has 1 N–H and O–H groups in total. The molecular formula is C8H15NO2. The van der Waals surface area contributed by atoms with Gasteiger partial charge in [-0.15, -0.1) is 0 Å². The van der Waals surface area contributed by atoms with Gasteiger partial charge in [-0.3, -0.25) is 9.59 Å². The summed E-state index contributed by atoms with van der Waals surface area (Å²) in [4.78, 5) is 20.3. The van der Waals surface area contributed by atoms with Crippen LogP contribution in [0.5, 0.6) is 0 Å². The summed E-state index contributed by atoms with van der Waals surface area (Å²) < 4.78 is 0. The van der Waals surface area contributed by atoms with Gasteiger partial charge in [0.25, 0.3) is 5.91 Å². The van der Waals surface area contributed by atoms with Gasteiger partial charge in [-0.2, -0.15) is 0 Å². The van der Waals surface area contributed by atoms with Gasteiger partial charge in [0.2, 0.25) is 6.29 Å². The highest BCUT2D eigenvalue weighted by molar-refractivity contribution is 6.23. The minimum atomic E-state index is -0.533. The van der Waals surface area contributed by atoms with E-state index < -0.39 is 5.91 Å². The van der Waals surface area contributed by atoms with Crippen molar-refractivity contribution in [3.63, 3.8) is 0 Å². The van der Waals surface area contributed by atoms with Crippen molar-refractivity contribution in [1.82, 2.24) is 5.32 Å². The third-order valence-corrected chi connectivity index (χ3v) is 1.28. The van der Waals surface area contributed by atoms with Crippen LogP contribution in [-0.4, -0.2) is 18.7 Å². The Labute approximate surface area is 67.2 Å². The van der Waals surface area contributed by atoms with Crippen molar-refractivity contribution >= 4 is 12.2 Å². The molecule has 0 heterocycles. The first kappa shape index (κ1) is 10.1. The zero-order chi connectivity index (χ0) is 8.91. The SMILES string of the molecule is CC(C)(C)CCNC(=O)C=O. The van der Waals surface area contributed by atoms with Gasteiger partial charge < -0.3 is 5.32 Å². The second-order valence-corrected chi connectivity index (χ2v) is 3.72. The van der Waals surface area contributed by atoms with E-state index in [2.05, 4.69) is 26.1 Å². The highest BCUT2D eigenvalue weighted by atomic mass is 16.2. The van der Waals surface area contributed by atoms with Gasteiger partial charge in [0.05, 0.1) is 0 Å². The molecule has 0 saturated heterocycles. The molecule has 0 aromatic heterocycles. The van der Waals surface area contributed by atoms with Crippen LogP contribution in [0.3, 0.4) is 0 Å². The maximum atomic E-state index is 10.4. The summed E-state index contributed by atoms with van der Waals surface area (Å²) >= 11 is 0. The first-order valence-electron chi connectivity index (χ1n) is 3.69. The monoisotopic (exact) mass is 157 g/mol. The van der Waals surface area contributed by atoms with Crippen LogP contribution in [0.25, 0.3) is 0 Å². The van der Waals surface area contributed by atoms with Crippen LogP contribution in [0.15, 0.2) is 0 Å². The lowest BCUT2D eigenvalue weighted by molar-refractivity contribution is -0.131. The lowest BCUT2D eigenvalue weighted by Gasteiger charge is -2.17. The van der Waals surface area contributed by atoms with Crippen LogP contribution >= 0.6 is 0 Å². The summed E-state index contributed by atoms with van der Waals surface area (Å²) in [5.74, 6) is -0.533. The molecule has 0 saturated carbocycles. The molecular weight excluding hydrogens is 142 g/mol. The van der Waals surface area contributed by atoms with E-state index in [1.165, 1.54) is 0 Å². The number of nitrogens with one attached hydrogen (secondary N) is 1. The molecule has 0 aliphatic heterocycles. The zero-order valence-electron chi connectivity index (χ0n) is 7.31. The molecule has 1 amide bonds. The maximum Gasteiger partial charge on any atom is 0.284 e. The average molecular weight is 157 g/mol. The first-order chi connectivity index (χ1) is 4.95. The van der Waals surface area contributed by atoms with E-state index in [-0.39, 0.29) is 5.41 Å². The summed E-state index contributed by atoms with van der Waals surface area (Å²) in [7, 11) is 0. The average Bonchev–Trinajstić information content (AvgIpc) is 1.85. The van der Waals surface area contributed by atoms with Crippen LogP contribution in [-0.2, 0) is 9.59 Å². The summed E-state index contributed by atoms with van der Waals surface area (Å²) in [6, 6.07) is 0. The molecule has 3 nitrogen and oxygen atoms in total. The number of carbonyl (C=O) groups is 2. The van der Waals surface area contributed by atoms with Crippen molar-refractivity contribution in [1.29, 1.82) is 0 Å². The van der Waals surface area contributed by atoms with Gasteiger partial charge >= 0.3 is 0 Å². The second-order valence-electron chi connectivity index (χ2n) is 3.72. The summed E-state index contributed by atoms with van der Waals surface area (Å²) in [5, 5.41) is 2.48. The smallest absolute Gasteiger partial charge is 0.284 e. The Morgan fingerprint density at radius 1 is 1.45 bits per heavy atom. The molecule has 0 spiro atoms. The van der Waals surface area contributed by atoms with Gasteiger partial charge in [0.15, 0.2) is 0 Å². The molecule has 0 rings (SSSR count). The Morgan fingerprint density at radius 2 is 2.00 bits per heavy atom. The fourth-order valence-corrected chi connectivity index (χ4v) is 0.602. The largest absolute Gasteiger partial charge is 0.350 e. The Kier molecular flexibility index (Phi) is 3.79. The number of rotatable bonds is 3. The van der Waals surface area contributed by atoms with E-state index in [0.29, 0.717) is 12.8 Å². The van der Waals surface area contributed by atoms with Crippen molar-refractivity contribution in [3.05, 3.63) is 0 Å². The molecule has 0 aliphatic carbocycles. The highest BCUT2D eigenvalue weighted by Crippen LogP contribution is 2.16. The molecule has 0 aliphatic rings. The Bertz CT molecular complexity index is 147. The molecule has 0 aromatic rings. The van der Waals surface area contributed by atoms with E-state index >= 15 is 0 Å². The molecule has 64 valence electrons. The number of hydrogen-bond acceptors (Lipinski definition) is 2. The quantitative estimate of drug-likeness (QED) is 0.485. The third-order valence-electron chi connectivity index (χ3n) is 1.28. The van der Waals surface area contributed by atoms with Crippen molar-refractivity contribution in [3.8, 4) is 0 Å². The Morgan fingerprint density at radius 3 is 2.36 bits per heavy atom. The van der Waals surface area contributed by atoms with Gasteiger partial charge in [-0.25, -0.2) is 0 Å². The lowest BCUT2D eigenvalue weighted by Crippen LogP contribution is -2.27. The zero-order valence-corrected chi connectivity index (χ0v) is 7.31. The van der Waals surface area contributed by atoms with Crippen LogP contribution in [0.4, 0.5) is 0 Å². The highest BCUT2D eigenvalue weighted by Gasteiger charge is 2.09. The predicted molar refractivity (Wildman–Crippen MR) is 43.1 cm³/mol. The minimum Gasteiger partial charge on any atom is -0.350 e. The van der Waals surface area contributed by atoms with E-state index in [9.17, 15) is 9.59 Å². The van der Waals surface area contributed by atoms with Gasteiger partial charge in [-0.1, -0.05) is 20.8 Å². The second kappa shape index (κ2) is 4.11. The number of amides is 1. The van der Waals surface area contributed by atoms with Gasteiger partial charge in [0.1, 0.15) is 0 Å². The topological polar surface area (TPSA) is 46.2 Å². The van der Waals surface area contributed by atoms with E-state index in [1.807, 2.05) is 0 Å². The van der Waals surface area contributed by atoms with Crippen molar-refractivity contribution in [2.75, 3.05) is 6.54 Å². The molecule has 0 radical (unpaired) electrons. The van der Waals surface area contributed by atoms with Gasteiger partial charge in [0, 0.05) is 6.54 Å². The molecule has 0 aromatic carbocycles. The normalized spacial score (nSPS) is 10.8. The Hall–Kier alpha value is -0.860. The van der Waals surface area contributed by atoms with Crippen LogP contribution in [0.2, 0.25) is 0 Å². The molecule has 0 atom stereocenters. The van der Waals surface area contributed by atoms with E-state index in [0.717, 1.165) is 6.42 Å². The fraction of sp³-hybridized carbons (Fsp3) is 0.750. The predicted octanol–water partition coefficient (Wildman–Crippen LogP) is 0.738. The maximum absolute atomic E-state index is 10.4. The summed E-state index contributed by atoms with van der Waals surface area (Å²) in [6.45, 7) is 6.82. The summed E-state index contributed by atoms with van der Waals surface area (Å²) in [5.41, 5.74) is 0.205. The number of hydrogen-bond donors (Lipinski definition) is 1. The lowest BCUT2D eigenvalue weighted by atomic mass is 9.92. The van der Waals surface area contributed by atoms with Gasteiger partial charge in [-0.05, 0) is 11.8 Å². The number of carbonyl (C=O) groups excluding carboxylic acids is 2. The molecule has 0 fully saturated rings. The molecule has 0 bridgehead atoms. The van der Waals surface area contributed by atoms with Crippen LogP contribution < -0.4 is 5.32 Å². The van der Waals surface area contributed by atoms with E-state index in [1.54, 1.807) is 0 Å². The number of aldehydes is 1. The Balaban J connectivity index is 3.42.